The van der Waals surface area contributed by atoms with Gasteiger partial charge in [-0.15, -0.1) is 0 Å². The number of amides is 3. The Labute approximate surface area is 191 Å². The molecular weight excluding hydrogens is 413 g/mol. The largest absolute Gasteiger partial charge is 0.352 e. The number of piperazine rings is 1. The van der Waals surface area contributed by atoms with Crippen LogP contribution in [0.15, 0.2) is 0 Å². The van der Waals surface area contributed by atoms with Gasteiger partial charge in [-0.25, -0.2) is 9.18 Å². The Balaban J connectivity index is 1.25. The molecule has 2 aliphatic heterocycles. The molecule has 7 atom stereocenters. The SMILES string of the molecule is CC1CCC(F)C2CC(C(=O)NC3CCCC(N4CCN(C(=O)N(C)C)CC4)C3)NOC12. The summed E-state index contributed by atoms with van der Waals surface area (Å²) in [6, 6.07) is 0.153. The van der Waals surface area contributed by atoms with Gasteiger partial charge in [0, 0.05) is 58.3 Å². The number of nitrogens with zero attached hydrogens (tertiary/aromatic N) is 3. The van der Waals surface area contributed by atoms with Crippen molar-refractivity contribution in [2.75, 3.05) is 40.3 Å². The Kier molecular flexibility index (Phi) is 7.57. The molecule has 2 heterocycles. The van der Waals surface area contributed by atoms with Crippen LogP contribution in [0, 0.1) is 11.8 Å². The van der Waals surface area contributed by atoms with Gasteiger partial charge in [-0.1, -0.05) is 6.92 Å². The second-order valence-corrected chi connectivity index (χ2v) is 10.4. The first-order chi connectivity index (χ1) is 15.3. The molecule has 8 nitrogen and oxygen atoms in total. The zero-order valence-corrected chi connectivity index (χ0v) is 19.8. The average Bonchev–Trinajstić information content (AvgIpc) is 2.81. The highest BCUT2D eigenvalue weighted by Crippen LogP contribution is 2.38. The summed E-state index contributed by atoms with van der Waals surface area (Å²) in [6.45, 7) is 5.35. The van der Waals surface area contributed by atoms with Gasteiger partial charge in [-0.2, -0.15) is 5.48 Å². The maximum atomic E-state index is 14.5. The van der Waals surface area contributed by atoms with E-state index in [0.29, 0.717) is 24.8 Å². The first-order valence-corrected chi connectivity index (χ1v) is 12.4. The van der Waals surface area contributed by atoms with E-state index < -0.39 is 12.2 Å². The van der Waals surface area contributed by atoms with Crippen LogP contribution < -0.4 is 10.8 Å². The van der Waals surface area contributed by atoms with Crippen molar-refractivity contribution < 1.29 is 18.8 Å². The molecule has 2 N–H and O–H groups in total. The third-order valence-corrected chi connectivity index (χ3v) is 7.99. The number of rotatable bonds is 3. The van der Waals surface area contributed by atoms with Gasteiger partial charge in [0.1, 0.15) is 12.2 Å². The van der Waals surface area contributed by atoms with Crippen LogP contribution >= 0.6 is 0 Å². The molecule has 4 aliphatic rings. The molecule has 182 valence electrons. The number of carbonyl (C=O) groups excluding carboxylic acids is 2. The van der Waals surface area contributed by atoms with Crippen molar-refractivity contribution in [2.45, 2.75) is 82.3 Å². The summed E-state index contributed by atoms with van der Waals surface area (Å²) >= 11 is 0. The number of urea groups is 1. The molecule has 32 heavy (non-hydrogen) atoms. The molecule has 0 aromatic rings. The molecule has 0 spiro atoms. The molecule has 2 saturated carbocycles. The van der Waals surface area contributed by atoms with Crippen LogP contribution in [0.4, 0.5) is 9.18 Å². The maximum absolute atomic E-state index is 14.5. The fourth-order valence-electron chi connectivity index (χ4n) is 6.04. The number of halogens is 1. The monoisotopic (exact) mass is 453 g/mol. The van der Waals surface area contributed by atoms with Crippen LogP contribution in [0.1, 0.15) is 51.9 Å². The molecule has 4 fully saturated rings. The highest BCUT2D eigenvalue weighted by molar-refractivity contribution is 5.82. The van der Waals surface area contributed by atoms with Gasteiger partial charge in [0.15, 0.2) is 0 Å². The third-order valence-electron chi connectivity index (χ3n) is 7.99. The van der Waals surface area contributed by atoms with E-state index in [4.69, 9.17) is 4.84 Å². The van der Waals surface area contributed by atoms with Crippen LogP contribution in [-0.4, -0.2) is 97.3 Å². The van der Waals surface area contributed by atoms with Crippen molar-refractivity contribution in [1.82, 2.24) is 25.5 Å². The smallest absolute Gasteiger partial charge is 0.319 e. The molecule has 9 heteroatoms. The molecule has 4 rings (SSSR count). The number of nitrogens with one attached hydrogen (secondary N) is 2. The molecule has 2 saturated heterocycles. The van der Waals surface area contributed by atoms with Gasteiger partial charge in [0.25, 0.3) is 0 Å². The summed E-state index contributed by atoms with van der Waals surface area (Å²) in [5, 5.41) is 3.22. The molecular formula is C23H40FN5O3. The highest BCUT2D eigenvalue weighted by atomic mass is 19.1. The van der Waals surface area contributed by atoms with E-state index in [1.54, 1.807) is 19.0 Å². The van der Waals surface area contributed by atoms with Crippen LogP contribution in [0.5, 0.6) is 0 Å². The van der Waals surface area contributed by atoms with Crippen molar-refractivity contribution in [1.29, 1.82) is 0 Å². The lowest BCUT2D eigenvalue weighted by Crippen LogP contribution is -2.59. The third kappa shape index (κ3) is 5.20. The summed E-state index contributed by atoms with van der Waals surface area (Å²) in [5.41, 5.74) is 2.93. The van der Waals surface area contributed by atoms with Crippen molar-refractivity contribution >= 4 is 11.9 Å². The van der Waals surface area contributed by atoms with Crippen molar-refractivity contribution in [2.24, 2.45) is 11.8 Å². The van der Waals surface area contributed by atoms with Gasteiger partial charge in [-0.05, 0) is 50.9 Å². The summed E-state index contributed by atoms with van der Waals surface area (Å²) in [5.74, 6) is 0.0491. The lowest BCUT2D eigenvalue weighted by atomic mass is 9.75. The van der Waals surface area contributed by atoms with E-state index in [1.165, 1.54) is 0 Å². The van der Waals surface area contributed by atoms with E-state index in [1.807, 2.05) is 4.90 Å². The number of hydrogen-bond acceptors (Lipinski definition) is 5. The second-order valence-electron chi connectivity index (χ2n) is 10.4. The Hall–Kier alpha value is -1.45. The fourth-order valence-corrected chi connectivity index (χ4v) is 6.04. The minimum atomic E-state index is -0.884. The van der Waals surface area contributed by atoms with E-state index in [9.17, 15) is 14.0 Å². The van der Waals surface area contributed by atoms with Crippen molar-refractivity contribution in [3.8, 4) is 0 Å². The lowest BCUT2D eigenvalue weighted by Gasteiger charge is -2.44. The van der Waals surface area contributed by atoms with Crippen LogP contribution in [-0.2, 0) is 9.63 Å². The van der Waals surface area contributed by atoms with Crippen LogP contribution in [0.25, 0.3) is 0 Å². The van der Waals surface area contributed by atoms with E-state index in [-0.39, 0.29) is 30.0 Å². The van der Waals surface area contributed by atoms with Gasteiger partial charge in [-0.3, -0.25) is 14.5 Å². The van der Waals surface area contributed by atoms with E-state index in [0.717, 1.165) is 58.3 Å². The molecule has 0 aromatic heterocycles. The first-order valence-electron chi connectivity index (χ1n) is 12.4. The van der Waals surface area contributed by atoms with Crippen LogP contribution in [0.3, 0.4) is 0 Å². The number of fused-ring (bicyclic) bond motifs is 1. The molecule has 0 aromatic carbocycles. The van der Waals surface area contributed by atoms with E-state index >= 15 is 0 Å². The van der Waals surface area contributed by atoms with Crippen molar-refractivity contribution in [3.05, 3.63) is 0 Å². The zero-order valence-electron chi connectivity index (χ0n) is 19.8. The topological polar surface area (TPSA) is 77.2 Å². The Morgan fingerprint density at radius 3 is 2.53 bits per heavy atom. The summed E-state index contributed by atoms with van der Waals surface area (Å²) < 4.78 is 14.5. The minimum Gasteiger partial charge on any atom is -0.352 e. The van der Waals surface area contributed by atoms with Gasteiger partial charge in [0.2, 0.25) is 5.91 Å². The quantitative estimate of drug-likeness (QED) is 0.681. The van der Waals surface area contributed by atoms with Gasteiger partial charge in [0.05, 0.1) is 6.10 Å². The van der Waals surface area contributed by atoms with E-state index in [2.05, 4.69) is 22.6 Å². The molecule has 0 bridgehead atoms. The second kappa shape index (κ2) is 10.2. The number of hydrogen-bond donors (Lipinski definition) is 2. The first kappa shape index (κ1) is 23.7. The lowest BCUT2D eigenvalue weighted by molar-refractivity contribution is -0.172. The van der Waals surface area contributed by atoms with Gasteiger partial charge >= 0.3 is 6.03 Å². The number of carbonyl (C=O) groups is 2. The highest BCUT2D eigenvalue weighted by Gasteiger charge is 2.45. The predicted octanol–water partition coefficient (Wildman–Crippen LogP) is 1.76. The predicted molar refractivity (Wildman–Crippen MR) is 120 cm³/mol. The normalized spacial score (nSPS) is 38.6. The van der Waals surface area contributed by atoms with Crippen molar-refractivity contribution in [3.63, 3.8) is 0 Å². The Bertz CT molecular complexity index is 672. The number of alkyl halides is 1. The number of hydroxylamine groups is 1. The summed E-state index contributed by atoms with van der Waals surface area (Å²) in [7, 11) is 3.58. The minimum absolute atomic E-state index is 0.0686. The summed E-state index contributed by atoms with van der Waals surface area (Å²) in [4.78, 5) is 36.9. The standard InChI is InChI=1S/C23H40FN5O3/c1-15-7-8-19(24)18-14-20(26-32-21(15)18)22(30)25-16-5-4-6-17(13-16)28-9-11-29(12-10-28)23(31)27(2)3/h15-21,26H,4-14H2,1-3H3,(H,25,30). The molecule has 7 unspecified atom stereocenters. The zero-order chi connectivity index (χ0) is 22.8. The van der Waals surface area contributed by atoms with Crippen LogP contribution in [0.2, 0.25) is 0 Å². The average molecular weight is 454 g/mol. The molecule has 0 radical (unpaired) electrons. The Morgan fingerprint density at radius 1 is 1.06 bits per heavy atom. The molecule has 3 amide bonds. The maximum Gasteiger partial charge on any atom is 0.319 e. The Morgan fingerprint density at radius 2 is 1.81 bits per heavy atom. The summed E-state index contributed by atoms with van der Waals surface area (Å²) in [6.07, 6.45) is 4.99. The van der Waals surface area contributed by atoms with Gasteiger partial charge < -0.3 is 15.1 Å². The molecule has 2 aliphatic carbocycles. The fraction of sp³-hybridized carbons (Fsp3) is 0.913.